The van der Waals surface area contributed by atoms with Gasteiger partial charge in [-0.05, 0) is 6.92 Å². The number of nitrogens with zero attached hydrogens (tertiary/aromatic N) is 4. The van der Waals surface area contributed by atoms with Crippen molar-refractivity contribution in [1.82, 2.24) is 19.7 Å². The van der Waals surface area contributed by atoms with Crippen molar-refractivity contribution in [2.45, 2.75) is 13.5 Å². The Bertz CT molecular complexity index is 536. The standard InChI is InChI=1S/C10H13N5O2S/c1-3-17-10(16)8-9(18-6-13-8)11-4-7-12-5-15(2)14-7/h5-6,11H,3-4H2,1-2H3. The zero-order valence-electron chi connectivity index (χ0n) is 10.1. The van der Waals surface area contributed by atoms with Crippen molar-refractivity contribution in [2.75, 3.05) is 11.9 Å². The molecule has 0 spiro atoms. The van der Waals surface area contributed by atoms with E-state index in [0.717, 1.165) is 0 Å². The number of hydrogen-bond acceptors (Lipinski definition) is 7. The van der Waals surface area contributed by atoms with Gasteiger partial charge < -0.3 is 10.1 Å². The second kappa shape index (κ2) is 5.58. The van der Waals surface area contributed by atoms with Gasteiger partial charge in [0.15, 0.2) is 11.5 Å². The van der Waals surface area contributed by atoms with E-state index >= 15 is 0 Å². The molecule has 0 saturated carbocycles. The highest BCUT2D eigenvalue weighted by Gasteiger charge is 2.16. The van der Waals surface area contributed by atoms with Crippen LogP contribution >= 0.6 is 11.3 Å². The van der Waals surface area contributed by atoms with Gasteiger partial charge in [0.05, 0.1) is 18.7 Å². The van der Waals surface area contributed by atoms with Crippen LogP contribution in [0.25, 0.3) is 0 Å². The summed E-state index contributed by atoms with van der Waals surface area (Å²) < 4.78 is 6.53. The van der Waals surface area contributed by atoms with Crippen LogP contribution in [0.15, 0.2) is 11.8 Å². The molecule has 7 nitrogen and oxygen atoms in total. The molecule has 2 aromatic heterocycles. The summed E-state index contributed by atoms with van der Waals surface area (Å²) in [5, 5.41) is 7.88. The first-order valence-corrected chi connectivity index (χ1v) is 6.27. The summed E-state index contributed by atoms with van der Waals surface area (Å²) in [6.45, 7) is 2.53. The number of aryl methyl sites for hydroxylation is 1. The molecule has 0 aliphatic heterocycles. The SMILES string of the molecule is CCOC(=O)c1ncsc1NCc1ncn(C)n1. The van der Waals surface area contributed by atoms with Gasteiger partial charge in [0.2, 0.25) is 0 Å². The summed E-state index contributed by atoms with van der Waals surface area (Å²) in [7, 11) is 1.80. The Hall–Kier alpha value is -1.96. The first kappa shape index (κ1) is 12.5. The van der Waals surface area contributed by atoms with E-state index in [4.69, 9.17) is 4.74 Å². The van der Waals surface area contributed by atoms with Gasteiger partial charge in [-0.15, -0.1) is 11.3 Å². The number of aromatic nitrogens is 4. The number of anilines is 1. The lowest BCUT2D eigenvalue weighted by molar-refractivity contribution is 0.0521. The van der Waals surface area contributed by atoms with Crippen molar-refractivity contribution in [2.24, 2.45) is 7.05 Å². The van der Waals surface area contributed by atoms with Crippen molar-refractivity contribution in [3.8, 4) is 0 Å². The predicted octanol–water partition coefficient (Wildman–Crippen LogP) is 1.06. The number of nitrogens with one attached hydrogen (secondary N) is 1. The topological polar surface area (TPSA) is 81.9 Å². The molecule has 2 heterocycles. The third-order valence-electron chi connectivity index (χ3n) is 2.09. The molecule has 0 amide bonds. The Morgan fingerprint density at radius 2 is 2.39 bits per heavy atom. The Morgan fingerprint density at radius 3 is 3.06 bits per heavy atom. The molecule has 0 fully saturated rings. The quantitative estimate of drug-likeness (QED) is 0.816. The molecule has 0 radical (unpaired) electrons. The molecule has 18 heavy (non-hydrogen) atoms. The van der Waals surface area contributed by atoms with E-state index in [2.05, 4.69) is 20.4 Å². The molecule has 0 atom stereocenters. The van der Waals surface area contributed by atoms with Crippen molar-refractivity contribution in [3.63, 3.8) is 0 Å². The highest BCUT2D eigenvalue weighted by Crippen LogP contribution is 2.21. The van der Waals surface area contributed by atoms with Crippen molar-refractivity contribution < 1.29 is 9.53 Å². The van der Waals surface area contributed by atoms with Gasteiger partial charge >= 0.3 is 5.97 Å². The van der Waals surface area contributed by atoms with Crippen LogP contribution < -0.4 is 5.32 Å². The zero-order valence-corrected chi connectivity index (χ0v) is 10.9. The molecule has 96 valence electrons. The largest absolute Gasteiger partial charge is 0.461 e. The van der Waals surface area contributed by atoms with Gasteiger partial charge in [0.25, 0.3) is 0 Å². The minimum atomic E-state index is -0.421. The molecule has 0 aliphatic rings. The minimum Gasteiger partial charge on any atom is -0.461 e. The fourth-order valence-corrected chi connectivity index (χ4v) is 2.01. The third kappa shape index (κ3) is 2.83. The average Bonchev–Trinajstić information content (AvgIpc) is 2.95. The van der Waals surface area contributed by atoms with Gasteiger partial charge in [-0.1, -0.05) is 0 Å². The monoisotopic (exact) mass is 267 g/mol. The number of rotatable bonds is 5. The van der Waals surface area contributed by atoms with E-state index in [1.54, 1.807) is 30.5 Å². The number of thiazole rings is 1. The summed E-state index contributed by atoms with van der Waals surface area (Å²) in [4.78, 5) is 19.7. The smallest absolute Gasteiger partial charge is 0.360 e. The average molecular weight is 267 g/mol. The maximum atomic E-state index is 11.6. The van der Waals surface area contributed by atoms with Crippen LogP contribution in [0.1, 0.15) is 23.2 Å². The van der Waals surface area contributed by atoms with E-state index in [1.807, 2.05) is 0 Å². The van der Waals surface area contributed by atoms with E-state index in [-0.39, 0.29) is 0 Å². The molecule has 0 aliphatic carbocycles. The van der Waals surface area contributed by atoms with Gasteiger partial charge in [0.1, 0.15) is 11.3 Å². The summed E-state index contributed by atoms with van der Waals surface area (Å²) in [5.74, 6) is 0.232. The Kier molecular flexibility index (Phi) is 3.88. The maximum absolute atomic E-state index is 11.6. The van der Waals surface area contributed by atoms with Gasteiger partial charge in [-0.25, -0.2) is 14.8 Å². The molecule has 8 heteroatoms. The van der Waals surface area contributed by atoms with Crippen LogP contribution in [-0.4, -0.2) is 32.3 Å². The highest BCUT2D eigenvalue weighted by atomic mass is 32.1. The molecular weight excluding hydrogens is 254 g/mol. The fourth-order valence-electron chi connectivity index (χ4n) is 1.34. The molecule has 0 bridgehead atoms. The van der Waals surface area contributed by atoms with Crippen LogP contribution in [0.3, 0.4) is 0 Å². The first-order chi connectivity index (χ1) is 8.70. The number of carbonyl (C=O) groups is 1. The van der Waals surface area contributed by atoms with Gasteiger partial charge in [-0.2, -0.15) is 5.10 Å². The molecule has 1 N–H and O–H groups in total. The summed E-state index contributed by atoms with van der Waals surface area (Å²) in [6.07, 6.45) is 1.62. The van der Waals surface area contributed by atoms with E-state index < -0.39 is 5.97 Å². The lowest BCUT2D eigenvalue weighted by atomic mass is 10.4. The second-order valence-electron chi connectivity index (χ2n) is 3.44. The normalized spacial score (nSPS) is 10.3. The number of carbonyl (C=O) groups excluding carboxylic acids is 1. The Morgan fingerprint density at radius 1 is 1.56 bits per heavy atom. The van der Waals surface area contributed by atoms with Crippen LogP contribution in [0, 0.1) is 0 Å². The number of ether oxygens (including phenoxy) is 1. The van der Waals surface area contributed by atoms with Gasteiger partial charge in [0, 0.05) is 7.05 Å². The predicted molar refractivity (Wildman–Crippen MR) is 66.4 cm³/mol. The molecule has 2 aromatic rings. The van der Waals surface area contributed by atoms with Crippen molar-refractivity contribution in [3.05, 3.63) is 23.4 Å². The summed E-state index contributed by atoms with van der Waals surface area (Å²) in [6, 6.07) is 0. The lowest BCUT2D eigenvalue weighted by Gasteiger charge is -2.03. The van der Waals surface area contributed by atoms with E-state index in [1.165, 1.54) is 11.3 Å². The minimum absolute atomic E-state index is 0.304. The molecule has 0 aromatic carbocycles. The lowest BCUT2D eigenvalue weighted by Crippen LogP contribution is -2.09. The maximum Gasteiger partial charge on any atom is 0.360 e. The second-order valence-corrected chi connectivity index (χ2v) is 4.29. The first-order valence-electron chi connectivity index (χ1n) is 5.39. The fraction of sp³-hybridized carbons (Fsp3) is 0.400. The Balaban J connectivity index is 2.01. The van der Waals surface area contributed by atoms with Crippen LogP contribution in [0.5, 0.6) is 0 Å². The number of hydrogen-bond donors (Lipinski definition) is 1. The van der Waals surface area contributed by atoms with Crippen LogP contribution in [0.2, 0.25) is 0 Å². The van der Waals surface area contributed by atoms with E-state index in [0.29, 0.717) is 29.7 Å². The molecular formula is C10H13N5O2S. The van der Waals surface area contributed by atoms with Crippen molar-refractivity contribution >= 4 is 22.3 Å². The Labute approximate surface area is 108 Å². The number of esters is 1. The van der Waals surface area contributed by atoms with E-state index in [9.17, 15) is 4.79 Å². The molecule has 0 saturated heterocycles. The van der Waals surface area contributed by atoms with Crippen molar-refractivity contribution in [1.29, 1.82) is 0 Å². The molecule has 2 rings (SSSR count). The summed E-state index contributed by atoms with van der Waals surface area (Å²) >= 11 is 1.34. The zero-order chi connectivity index (χ0) is 13.0. The molecule has 0 unspecified atom stereocenters. The van der Waals surface area contributed by atoms with Crippen LogP contribution in [0.4, 0.5) is 5.00 Å². The van der Waals surface area contributed by atoms with Crippen LogP contribution in [-0.2, 0) is 18.3 Å². The van der Waals surface area contributed by atoms with Gasteiger partial charge in [-0.3, -0.25) is 4.68 Å². The third-order valence-corrected chi connectivity index (χ3v) is 2.87. The highest BCUT2D eigenvalue weighted by molar-refractivity contribution is 7.14. The summed E-state index contributed by atoms with van der Waals surface area (Å²) in [5.41, 5.74) is 1.90.